The van der Waals surface area contributed by atoms with Gasteiger partial charge in [0.1, 0.15) is 30.5 Å². The van der Waals surface area contributed by atoms with Gasteiger partial charge in [0.15, 0.2) is 4.32 Å². The first-order valence-electron chi connectivity index (χ1n) is 10.6. The van der Waals surface area contributed by atoms with E-state index in [4.69, 9.17) is 26.4 Å². The van der Waals surface area contributed by atoms with E-state index in [9.17, 15) is 4.79 Å². The van der Waals surface area contributed by atoms with Gasteiger partial charge in [0, 0.05) is 5.56 Å². The monoisotopic (exact) mass is 477 g/mol. The molecule has 168 valence electrons. The molecule has 0 unspecified atom stereocenters. The van der Waals surface area contributed by atoms with Crippen LogP contribution in [-0.4, -0.2) is 30.0 Å². The van der Waals surface area contributed by atoms with Crippen LogP contribution in [0.1, 0.15) is 12.5 Å². The van der Waals surface area contributed by atoms with Gasteiger partial charge in [-0.1, -0.05) is 72.5 Å². The maximum absolute atomic E-state index is 13.2. The fourth-order valence-corrected chi connectivity index (χ4v) is 4.57. The summed E-state index contributed by atoms with van der Waals surface area (Å²) in [6.45, 7) is 3.19. The highest BCUT2D eigenvalue weighted by atomic mass is 32.2. The Bertz CT molecular complexity index is 1160. The number of nitrogens with zero attached hydrogens (tertiary/aromatic N) is 1. The number of benzene rings is 3. The zero-order valence-corrected chi connectivity index (χ0v) is 19.7. The second kappa shape index (κ2) is 11.0. The van der Waals surface area contributed by atoms with E-state index >= 15 is 0 Å². The summed E-state index contributed by atoms with van der Waals surface area (Å²) in [5.74, 6) is 1.92. The molecular formula is C26H23NO4S2. The van der Waals surface area contributed by atoms with Crippen LogP contribution in [0.4, 0.5) is 5.69 Å². The highest BCUT2D eigenvalue weighted by Crippen LogP contribution is 2.40. The van der Waals surface area contributed by atoms with Gasteiger partial charge in [-0.3, -0.25) is 9.69 Å². The molecule has 4 rings (SSSR count). The average molecular weight is 478 g/mol. The fourth-order valence-electron chi connectivity index (χ4n) is 3.30. The molecule has 33 heavy (non-hydrogen) atoms. The molecule has 1 amide bonds. The number of anilines is 1. The largest absolute Gasteiger partial charge is 0.492 e. The highest BCUT2D eigenvalue weighted by Gasteiger charge is 2.35. The van der Waals surface area contributed by atoms with Crippen molar-refractivity contribution in [2.24, 2.45) is 0 Å². The Morgan fingerprint density at radius 3 is 2.30 bits per heavy atom. The molecular weight excluding hydrogens is 454 g/mol. The predicted octanol–water partition coefficient (Wildman–Crippen LogP) is 5.95. The van der Waals surface area contributed by atoms with Crippen molar-refractivity contribution < 1.29 is 19.0 Å². The van der Waals surface area contributed by atoms with Crippen molar-refractivity contribution in [1.29, 1.82) is 0 Å². The maximum atomic E-state index is 13.2. The van der Waals surface area contributed by atoms with Crippen molar-refractivity contribution in [3.63, 3.8) is 0 Å². The van der Waals surface area contributed by atoms with Crippen LogP contribution in [0.2, 0.25) is 0 Å². The molecule has 1 aliphatic heterocycles. The molecule has 0 aromatic heterocycles. The van der Waals surface area contributed by atoms with E-state index in [-0.39, 0.29) is 5.91 Å². The van der Waals surface area contributed by atoms with Crippen LogP contribution < -0.4 is 19.1 Å². The minimum Gasteiger partial charge on any atom is -0.492 e. The molecule has 5 nitrogen and oxygen atoms in total. The molecule has 0 radical (unpaired) electrons. The number of thiocarbonyl (C=S) groups is 1. The summed E-state index contributed by atoms with van der Waals surface area (Å²) in [6.07, 6.45) is 1.82. The highest BCUT2D eigenvalue weighted by molar-refractivity contribution is 8.27. The summed E-state index contributed by atoms with van der Waals surface area (Å²) in [4.78, 5) is 15.3. The zero-order valence-electron chi connectivity index (χ0n) is 18.1. The van der Waals surface area contributed by atoms with E-state index in [1.54, 1.807) is 0 Å². The number of ether oxygens (including phenoxy) is 3. The lowest BCUT2D eigenvalue weighted by atomic mass is 10.2. The van der Waals surface area contributed by atoms with Crippen LogP contribution in [0, 0.1) is 0 Å². The second-order valence-electron chi connectivity index (χ2n) is 6.97. The molecule has 0 spiro atoms. The summed E-state index contributed by atoms with van der Waals surface area (Å²) >= 11 is 6.79. The average Bonchev–Trinajstić information content (AvgIpc) is 3.11. The normalized spacial score (nSPS) is 14.6. The summed E-state index contributed by atoms with van der Waals surface area (Å²) in [5.41, 5.74) is 1.45. The van der Waals surface area contributed by atoms with Crippen molar-refractivity contribution in [3.8, 4) is 17.2 Å². The van der Waals surface area contributed by atoms with Gasteiger partial charge in [0.05, 0.1) is 17.2 Å². The van der Waals surface area contributed by atoms with Crippen molar-refractivity contribution in [1.82, 2.24) is 0 Å². The molecule has 7 heteroatoms. The predicted molar refractivity (Wildman–Crippen MR) is 137 cm³/mol. The lowest BCUT2D eigenvalue weighted by Crippen LogP contribution is -2.28. The Morgan fingerprint density at radius 1 is 0.848 bits per heavy atom. The van der Waals surface area contributed by atoms with Crippen LogP contribution in [-0.2, 0) is 4.79 Å². The van der Waals surface area contributed by atoms with E-state index in [0.717, 1.165) is 11.3 Å². The fraction of sp³-hybridized carbons (Fsp3) is 0.154. The quantitative estimate of drug-likeness (QED) is 0.216. The lowest BCUT2D eigenvalue weighted by molar-refractivity contribution is -0.113. The van der Waals surface area contributed by atoms with Gasteiger partial charge in [-0.15, -0.1) is 0 Å². The Hall–Kier alpha value is -3.29. The maximum Gasteiger partial charge on any atom is 0.270 e. The van der Waals surface area contributed by atoms with E-state index in [0.29, 0.717) is 46.2 Å². The van der Waals surface area contributed by atoms with Gasteiger partial charge in [0.25, 0.3) is 5.91 Å². The molecule has 3 aromatic carbocycles. The molecule has 1 fully saturated rings. The number of thioether (sulfide) groups is 1. The lowest BCUT2D eigenvalue weighted by Gasteiger charge is -2.18. The van der Waals surface area contributed by atoms with E-state index < -0.39 is 0 Å². The van der Waals surface area contributed by atoms with Gasteiger partial charge in [0.2, 0.25) is 0 Å². The molecule has 1 saturated heterocycles. The van der Waals surface area contributed by atoms with Gasteiger partial charge >= 0.3 is 0 Å². The summed E-state index contributed by atoms with van der Waals surface area (Å²) in [5, 5.41) is 0. The molecule has 0 atom stereocenters. The topological polar surface area (TPSA) is 48.0 Å². The standard InChI is InChI=1S/C26H23NO4S2/c1-2-29-23-15-9-7-13-21(23)27-25(28)24(33-26(27)32)18-19-10-6-8-14-22(19)31-17-16-30-20-11-4-3-5-12-20/h3-15,18H,2,16-17H2,1H3. The molecule has 0 N–H and O–H groups in total. The summed E-state index contributed by atoms with van der Waals surface area (Å²) in [7, 11) is 0. The van der Waals surface area contributed by atoms with Crippen molar-refractivity contribution >= 4 is 46.0 Å². The third-order valence-electron chi connectivity index (χ3n) is 4.76. The van der Waals surface area contributed by atoms with Gasteiger partial charge < -0.3 is 14.2 Å². The Morgan fingerprint density at radius 2 is 1.52 bits per heavy atom. The second-order valence-corrected chi connectivity index (χ2v) is 8.64. The number of hydrogen-bond acceptors (Lipinski definition) is 6. The van der Waals surface area contributed by atoms with Crippen LogP contribution in [0.3, 0.4) is 0 Å². The number of carbonyl (C=O) groups excluding carboxylic acids is 1. The first-order valence-corrected chi connectivity index (χ1v) is 11.8. The minimum absolute atomic E-state index is 0.181. The first kappa shape index (κ1) is 22.9. The summed E-state index contributed by atoms with van der Waals surface area (Å²) < 4.78 is 17.8. The first-order chi connectivity index (χ1) is 16.2. The van der Waals surface area contributed by atoms with Crippen LogP contribution in [0.25, 0.3) is 6.08 Å². The molecule has 1 aliphatic rings. The number of hydrogen-bond donors (Lipinski definition) is 0. The van der Waals surface area contributed by atoms with E-state index in [1.807, 2.05) is 91.9 Å². The minimum atomic E-state index is -0.181. The molecule has 0 saturated carbocycles. The van der Waals surface area contributed by atoms with Crippen molar-refractivity contribution in [3.05, 3.63) is 89.3 Å². The SMILES string of the molecule is CCOc1ccccc1N1C(=O)C(=Cc2ccccc2OCCOc2ccccc2)SC1=S. The Balaban J connectivity index is 1.48. The molecule has 0 aliphatic carbocycles. The van der Waals surface area contributed by atoms with E-state index in [1.165, 1.54) is 16.7 Å². The third-order valence-corrected chi connectivity index (χ3v) is 6.06. The number of para-hydroxylation sites is 4. The number of amides is 1. The Labute approximate surface area is 203 Å². The van der Waals surface area contributed by atoms with Crippen LogP contribution in [0.5, 0.6) is 17.2 Å². The van der Waals surface area contributed by atoms with Crippen molar-refractivity contribution in [2.75, 3.05) is 24.7 Å². The van der Waals surface area contributed by atoms with Crippen LogP contribution >= 0.6 is 24.0 Å². The molecule has 1 heterocycles. The third kappa shape index (κ3) is 5.56. The number of rotatable bonds is 9. The van der Waals surface area contributed by atoms with Gasteiger partial charge in [-0.25, -0.2) is 0 Å². The zero-order chi connectivity index (χ0) is 23.0. The Kier molecular flexibility index (Phi) is 7.65. The number of carbonyl (C=O) groups is 1. The molecule has 0 bridgehead atoms. The van der Waals surface area contributed by atoms with Crippen molar-refractivity contribution in [2.45, 2.75) is 6.92 Å². The van der Waals surface area contributed by atoms with Gasteiger partial charge in [-0.05, 0) is 43.3 Å². The molecule has 3 aromatic rings. The smallest absolute Gasteiger partial charge is 0.270 e. The van der Waals surface area contributed by atoms with Crippen LogP contribution in [0.15, 0.2) is 83.8 Å². The van der Waals surface area contributed by atoms with Gasteiger partial charge in [-0.2, -0.15) is 0 Å². The summed E-state index contributed by atoms with van der Waals surface area (Å²) in [6, 6.07) is 24.6. The van der Waals surface area contributed by atoms with E-state index in [2.05, 4.69) is 0 Å².